The van der Waals surface area contributed by atoms with Crippen LogP contribution in [0.2, 0.25) is 5.02 Å². The summed E-state index contributed by atoms with van der Waals surface area (Å²) < 4.78 is 19.6. The molecule has 0 radical (unpaired) electrons. The van der Waals surface area contributed by atoms with E-state index in [-0.39, 0.29) is 23.9 Å². The molecule has 3 atom stereocenters. The summed E-state index contributed by atoms with van der Waals surface area (Å²) >= 11 is 5.89. The van der Waals surface area contributed by atoms with Gasteiger partial charge in [-0.05, 0) is 73.9 Å². The van der Waals surface area contributed by atoms with Gasteiger partial charge in [0.25, 0.3) is 5.91 Å². The number of fused-ring (bicyclic) bond motifs is 2. The molecule has 154 valence electrons. The molecule has 1 amide bonds. The minimum atomic E-state index is -0.327. The van der Waals surface area contributed by atoms with Crippen LogP contribution >= 0.6 is 11.6 Å². The first-order valence-electron chi connectivity index (χ1n) is 10.1. The van der Waals surface area contributed by atoms with Crippen molar-refractivity contribution in [2.45, 2.75) is 31.9 Å². The minimum Gasteiger partial charge on any atom is -0.474 e. The van der Waals surface area contributed by atoms with E-state index in [0.29, 0.717) is 39.7 Å². The summed E-state index contributed by atoms with van der Waals surface area (Å²) in [6.45, 7) is 2.07. The maximum atomic E-state index is 13.4. The summed E-state index contributed by atoms with van der Waals surface area (Å²) in [7, 11) is 0. The highest BCUT2D eigenvalue weighted by Gasteiger charge is 2.58. The third-order valence-corrected chi connectivity index (χ3v) is 6.60. The highest BCUT2D eigenvalue weighted by atomic mass is 35.5. The van der Waals surface area contributed by atoms with Crippen molar-refractivity contribution < 1.29 is 13.9 Å². The summed E-state index contributed by atoms with van der Waals surface area (Å²) in [6.07, 6.45) is 3.36. The van der Waals surface area contributed by atoms with Gasteiger partial charge in [-0.1, -0.05) is 11.6 Å². The number of hydrogen-bond donors (Lipinski definition) is 1. The van der Waals surface area contributed by atoms with E-state index >= 15 is 0 Å². The fourth-order valence-electron chi connectivity index (χ4n) is 4.92. The van der Waals surface area contributed by atoms with Crippen LogP contribution in [-0.4, -0.2) is 28.0 Å². The fourth-order valence-corrected chi connectivity index (χ4v) is 5.05. The molecule has 0 spiro atoms. The molecule has 1 aromatic heterocycles. The van der Waals surface area contributed by atoms with E-state index < -0.39 is 0 Å². The van der Waals surface area contributed by atoms with Gasteiger partial charge in [-0.2, -0.15) is 0 Å². The van der Waals surface area contributed by atoms with Crippen molar-refractivity contribution in [3.8, 4) is 5.88 Å². The van der Waals surface area contributed by atoms with Crippen LogP contribution in [0.15, 0.2) is 48.8 Å². The lowest BCUT2D eigenvalue weighted by Crippen LogP contribution is -2.36. The SMILES string of the molecule is C[C@@H](NC(=O)c1ccc(Cl)cc1)C1[C@@H]2CC(Oc3ncnc4cc(F)ccc34)C[C@@H]12. The van der Waals surface area contributed by atoms with Gasteiger partial charge in [-0.25, -0.2) is 14.4 Å². The second kappa shape index (κ2) is 7.51. The van der Waals surface area contributed by atoms with Gasteiger partial charge in [0.1, 0.15) is 18.2 Å². The lowest BCUT2D eigenvalue weighted by molar-refractivity contribution is 0.0930. The summed E-state index contributed by atoms with van der Waals surface area (Å²) in [4.78, 5) is 20.8. The molecule has 5 nitrogen and oxygen atoms in total. The lowest BCUT2D eigenvalue weighted by atomic mass is 10.0. The van der Waals surface area contributed by atoms with E-state index in [1.165, 1.54) is 18.5 Å². The number of carbonyl (C=O) groups excluding carboxylic acids is 1. The van der Waals surface area contributed by atoms with E-state index in [1.54, 1.807) is 30.3 Å². The molecule has 2 aromatic carbocycles. The first kappa shape index (κ1) is 19.2. The molecule has 1 N–H and O–H groups in total. The Morgan fingerprint density at radius 3 is 2.63 bits per heavy atom. The lowest BCUT2D eigenvalue weighted by Gasteiger charge is -2.20. The highest BCUT2D eigenvalue weighted by Crippen LogP contribution is 2.59. The maximum absolute atomic E-state index is 13.4. The molecule has 3 aromatic rings. The third-order valence-electron chi connectivity index (χ3n) is 6.35. The summed E-state index contributed by atoms with van der Waals surface area (Å²) in [5.41, 5.74) is 1.16. The number of aromatic nitrogens is 2. The van der Waals surface area contributed by atoms with Crippen molar-refractivity contribution in [3.05, 3.63) is 65.2 Å². The molecule has 5 rings (SSSR count). The Hall–Kier alpha value is -2.73. The van der Waals surface area contributed by atoms with Gasteiger partial charge in [0.2, 0.25) is 5.88 Å². The topological polar surface area (TPSA) is 64.1 Å². The molecule has 30 heavy (non-hydrogen) atoms. The second-order valence-corrected chi connectivity index (χ2v) is 8.66. The van der Waals surface area contributed by atoms with E-state index in [0.717, 1.165) is 18.2 Å². The number of rotatable bonds is 5. The molecule has 0 saturated heterocycles. The highest BCUT2D eigenvalue weighted by molar-refractivity contribution is 6.30. The smallest absolute Gasteiger partial charge is 0.251 e. The largest absolute Gasteiger partial charge is 0.474 e. The van der Waals surface area contributed by atoms with Crippen LogP contribution in [0.1, 0.15) is 30.1 Å². The summed E-state index contributed by atoms with van der Waals surface area (Å²) in [5, 5.41) is 4.46. The molecular weight excluding hydrogens is 405 g/mol. The van der Waals surface area contributed by atoms with Crippen LogP contribution in [0.4, 0.5) is 4.39 Å². The zero-order valence-corrected chi connectivity index (χ0v) is 17.1. The Morgan fingerprint density at radius 1 is 1.17 bits per heavy atom. The number of nitrogens with one attached hydrogen (secondary N) is 1. The second-order valence-electron chi connectivity index (χ2n) is 8.23. The molecule has 2 aliphatic carbocycles. The molecule has 2 saturated carbocycles. The van der Waals surface area contributed by atoms with Gasteiger partial charge in [-0.15, -0.1) is 0 Å². The van der Waals surface area contributed by atoms with E-state index in [4.69, 9.17) is 16.3 Å². The van der Waals surface area contributed by atoms with E-state index in [9.17, 15) is 9.18 Å². The average molecular weight is 426 g/mol. The summed E-state index contributed by atoms with van der Waals surface area (Å²) in [5.74, 6) is 1.66. The van der Waals surface area contributed by atoms with E-state index in [1.807, 2.05) is 0 Å². The predicted molar refractivity (Wildman–Crippen MR) is 112 cm³/mol. The Bertz CT molecular complexity index is 1100. The summed E-state index contributed by atoms with van der Waals surface area (Å²) in [6, 6.07) is 11.5. The number of nitrogens with zero attached hydrogens (tertiary/aromatic N) is 2. The Balaban J connectivity index is 1.18. The Labute approximate surface area is 178 Å². The third kappa shape index (κ3) is 3.60. The van der Waals surface area contributed by atoms with Crippen molar-refractivity contribution in [1.82, 2.24) is 15.3 Å². The zero-order valence-electron chi connectivity index (χ0n) is 16.4. The fraction of sp³-hybridized carbons (Fsp3) is 0.348. The molecule has 7 heteroatoms. The van der Waals surface area contributed by atoms with Crippen LogP contribution in [-0.2, 0) is 0 Å². The number of halogens is 2. The molecule has 1 heterocycles. The molecule has 2 aliphatic rings. The van der Waals surface area contributed by atoms with Crippen molar-refractivity contribution >= 4 is 28.4 Å². The van der Waals surface area contributed by atoms with Gasteiger partial charge in [-0.3, -0.25) is 4.79 Å². The van der Waals surface area contributed by atoms with Gasteiger partial charge >= 0.3 is 0 Å². The van der Waals surface area contributed by atoms with Gasteiger partial charge < -0.3 is 10.1 Å². The Kier molecular flexibility index (Phi) is 4.82. The molecule has 0 bridgehead atoms. The molecule has 0 unspecified atom stereocenters. The van der Waals surface area contributed by atoms with Crippen LogP contribution in [0.25, 0.3) is 10.9 Å². The quantitative estimate of drug-likeness (QED) is 0.646. The Morgan fingerprint density at radius 2 is 1.90 bits per heavy atom. The first-order chi connectivity index (χ1) is 14.5. The average Bonchev–Trinajstić information content (AvgIpc) is 3.24. The van der Waals surface area contributed by atoms with Crippen LogP contribution in [0.3, 0.4) is 0 Å². The van der Waals surface area contributed by atoms with Gasteiger partial charge in [0.15, 0.2) is 0 Å². The number of hydrogen-bond acceptors (Lipinski definition) is 4. The number of benzene rings is 2. The van der Waals surface area contributed by atoms with Crippen LogP contribution in [0.5, 0.6) is 5.88 Å². The number of carbonyl (C=O) groups is 1. The number of ether oxygens (including phenoxy) is 1. The molecule has 2 fully saturated rings. The maximum Gasteiger partial charge on any atom is 0.251 e. The van der Waals surface area contributed by atoms with Crippen molar-refractivity contribution in [2.75, 3.05) is 0 Å². The van der Waals surface area contributed by atoms with Crippen molar-refractivity contribution in [1.29, 1.82) is 0 Å². The monoisotopic (exact) mass is 425 g/mol. The normalized spacial score (nSPS) is 23.8. The van der Waals surface area contributed by atoms with Crippen molar-refractivity contribution in [2.24, 2.45) is 17.8 Å². The van der Waals surface area contributed by atoms with Gasteiger partial charge in [0.05, 0.1) is 10.9 Å². The first-order valence-corrected chi connectivity index (χ1v) is 10.5. The minimum absolute atomic E-state index is 0.0726. The van der Waals surface area contributed by atoms with Crippen LogP contribution in [0, 0.1) is 23.6 Å². The molecular formula is C23H21ClFN3O2. The van der Waals surface area contributed by atoms with Crippen molar-refractivity contribution in [3.63, 3.8) is 0 Å². The van der Waals surface area contributed by atoms with Crippen LogP contribution < -0.4 is 10.1 Å². The van der Waals surface area contributed by atoms with E-state index in [2.05, 4.69) is 22.2 Å². The molecule has 0 aliphatic heterocycles. The predicted octanol–water partition coefficient (Wildman–Crippen LogP) is 4.64. The standard InChI is InChI=1S/C23H21ClFN3O2/c1-12(28-22(29)13-2-4-14(24)5-3-13)21-18-9-16(10-19(18)21)30-23-17-7-6-15(25)8-20(17)26-11-27-23/h2-8,11-12,16,18-19,21H,9-10H2,1H3,(H,28,29)/t12-,16?,18-,19-,21?/m1/s1. The van der Waals surface area contributed by atoms with Gasteiger partial charge in [0, 0.05) is 22.7 Å². The zero-order chi connectivity index (χ0) is 20.8. The number of amides is 1.